The standard InChI is InChI=1S/C28H35F2N5O4S/c1-6-34-27(37)25(18(3)38-5)35(33(4)28(34)12-10-22(11-13-28)39-7-2)16-20(17-36)26-32-31-24(40-26)14-19-8-9-21(29)15-23(19)30/h8-9,15-17,22H,6-7,10-14H2,1-5H3/b20-16+,25-18+. The van der Waals surface area contributed by atoms with Gasteiger partial charge in [0.15, 0.2) is 17.0 Å². The van der Waals surface area contributed by atoms with Crippen LogP contribution in [0.2, 0.25) is 0 Å². The molecular formula is C28H35F2N5O4S. The molecule has 1 aromatic carbocycles. The predicted molar refractivity (Wildman–Crippen MR) is 146 cm³/mol. The van der Waals surface area contributed by atoms with Crippen molar-refractivity contribution in [1.82, 2.24) is 25.1 Å². The van der Waals surface area contributed by atoms with E-state index in [9.17, 15) is 18.4 Å². The molecule has 2 aromatic rings. The van der Waals surface area contributed by atoms with Crippen LogP contribution < -0.4 is 0 Å². The first kappa shape index (κ1) is 29.8. The van der Waals surface area contributed by atoms with Crippen LogP contribution in [0.5, 0.6) is 0 Å². The fourth-order valence-electron chi connectivity index (χ4n) is 5.52. The summed E-state index contributed by atoms with van der Waals surface area (Å²) in [6, 6.07) is 3.37. The lowest BCUT2D eigenvalue weighted by Gasteiger charge is -2.59. The molecule has 2 fully saturated rings. The summed E-state index contributed by atoms with van der Waals surface area (Å²) in [6.45, 7) is 6.78. The van der Waals surface area contributed by atoms with Crippen molar-refractivity contribution in [1.29, 1.82) is 0 Å². The third kappa shape index (κ3) is 5.65. The maximum Gasteiger partial charge on any atom is 0.276 e. The van der Waals surface area contributed by atoms with Gasteiger partial charge in [0.25, 0.3) is 5.91 Å². The van der Waals surface area contributed by atoms with Gasteiger partial charge in [0.2, 0.25) is 0 Å². The average Bonchev–Trinajstić information content (AvgIpc) is 3.41. The summed E-state index contributed by atoms with van der Waals surface area (Å²) < 4.78 is 38.9. The second-order valence-corrected chi connectivity index (χ2v) is 10.8. The van der Waals surface area contributed by atoms with Crippen molar-refractivity contribution in [3.05, 3.63) is 63.1 Å². The predicted octanol–water partition coefficient (Wildman–Crippen LogP) is 4.51. The zero-order chi connectivity index (χ0) is 29.0. The second kappa shape index (κ2) is 12.5. The lowest BCUT2D eigenvalue weighted by Crippen LogP contribution is -2.71. The van der Waals surface area contributed by atoms with E-state index in [0.717, 1.165) is 30.2 Å². The first-order valence-corrected chi connectivity index (χ1v) is 14.2. The van der Waals surface area contributed by atoms with Gasteiger partial charge in [-0.2, -0.15) is 5.01 Å². The number of amides is 1. The minimum Gasteiger partial charge on any atom is -0.499 e. The normalized spacial score (nSPS) is 23.6. The van der Waals surface area contributed by atoms with Crippen LogP contribution in [0.3, 0.4) is 0 Å². The second-order valence-electron chi connectivity index (χ2n) is 9.78. The summed E-state index contributed by atoms with van der Waals surface area (Å²) in [6.07, 6.45) is 5.45. The van der Waals surface area contributed by atoms with E-state index in [-0.39, 0.29) is 29.6 Å². The Morgan fingerprint density at radius 2 is 1.95 bits per heavy atom. The molecule has 9 nitrogen and oxygen atoms in total. The van der Waals surface area contributed by atoms with E-state index in [4.69, 9.17) is 9.47 Å². The Labute approximate surface area is 237 Å². The summed E-state index contributed by atoms with van der Waals surface area (Å²) in [5.74, 6) is -1.13. The van der Waals surface area contributed by atoms with Crippen molar-refractivity contribution >= 4 is 29.1 Å². The van der Waals surface area contributed by atoms with Crippen LogP contribution in [0.1, 0.15) is 62.0 Å². The minimum atomic E-state index is -0.675. The SMILES string of the molecule is CCOC1CCC2(CC1)N(CC)C(=O)/C(=C(/C)OC)N(/C=C(\C=O)c1nnc(Cc3ccc(F)cc3F)s1)N2C. The third-order valence-corrected chi connectivity index (χ3v) is 8.63. The fraction of sp³-hybridized carbons (Fsp3) is 0.500. The molecule has 4 rings (SSSR count). The quantitative estimate of drug-likeness (QED) is 0.245. The van der Waals surface area contributed by atoms with Gasteiger partial charge in [0, 0.05) is 38.9 Å². The number of halogens is 2. The van der Waals surface area contributed by atoms with Crippen LogP contribution in [-0.2, 0) is 25.5 Å². The van der Waals surface area contributed by atoms with Crippen LogP contribution in [0, 0.1) is 11.6 Å². The molecule has 0 radical (unpaired) electrons. The Morgan fingerprint density at radius 1 is 1.23 bits per heavy atom. The van der Waals surface area contributed by atoms with Crippen molar-refractivity contribution in [2.24, 2.45) is 0 Å². The van der Waals surface area contributed by atoms with Gasteiger partial charge in [0.1, 0.15) is 28.1 Å². The number of nitrogens with zero attached hydrogens (tertiary/aromatic N) is 5. The molecule has 1 saturated carbocycles. The highest BCUT2D eigenvalue weighted by Crippen LogP contribution is 2.43. The molecule has 40 heavy (non-hydrogen) atoms. The summed E-state index contributed by atoms with van der Waals surface area (Å²) in [5, 5.41) is 12.7. The highest BCUT2D eigenvalue weighted by Gasteiger charge is 2.53. The molecule has 1 aliphatic carbocycles. The minimum absolute atomic E-state index is 0.0987. The van der Waals surface area contributed by atoms with Crippen LogP contribution >= 0.6 is 11.3 Å². The van der Waals surface area contributed by atoms with Crippen LogP contribution in [0.4, 0.5) is 8.78 Å². The zero-order valence-corrected chi connectivity index (χ0v) is 24.3. The van der Waals surface area contributed by atoms with Crippen LogP contribution in [-0.4, -0.2) is 76.4 Å². The van der Waals surface area contributed by atoms with Gasteiger partial charge in [-0.15, -0.1) is 10.2 Å². The van der Waals surface area contributed by atoms with Crippen molar-refractivity contribution in [3.63, 3.8) is 0 Å². The lowest BCUT2D eigenvalue weighted by atomic mass is 9.84. The smallest absolute Gasteiger partial charge is 0.276 e. The zero-order valence-electron chi connectivity index (χ0n) is 23.4. The number of hydrogen-bond donors (Lipinski definition) is 0. The Balaban J connectivity index is 1.71. The Hall–Kier alpha value is -3.22. The number of benzene rings is 1. The van der Waals surface area contributed by atoms with Gasteiger partial charge in [0.05, 0.1) is 18.8 Å². The van der Waals surface area contributed by atoms with E-state index >= 15 is 0 Å². The van der Waals surface area contributed by atoms with Crippen molar-refractivity contribution < 1.29 is 27.8 Å². The average molecular weight is 576 g/mol. The summed E-state index contributed by atoms with van der Waals surface area (Å²) >= 11 is 1.13. The first-order chi connectivity index (χ1) is 19.2. The van der Waals surface area contributed by atoms with Gasteiger partial charge in [-0.1, -0.05) is 17.4 Å². The third-order valence-electron chi connectivity index (χ3n) is 7.66. The summed E-state index contributed by atoms with van der Waals surface area (Å²) in [4.78, 5) is 28.2. The van der Waals surface area contributed by atoms with Crippen LogP contribution in [0.25, 0.3) is 5.57 Å². The molecule has 216 valence electrons. The van der Waals surface area contributed by atoms with E-state index in [2.05, 4.69) is 10.2 Å². The molecule has 0 N–H and O–H groups in total. The summed E-state index contributed by atoms with van der Waals surface area (Å²) in [7, 11) is 3.40. The number of carbonyl (C=O) groups excluding carboxylic acids is 2. The number of aldehydes is 1. The number of hydrazine groups is 1. The van der Waals surface area contributed by atoms with Crippen molar-refractivity contribution in [2.45, 2.75) is 64.6 Å². The van der Waals surface area contributed by atoms with E-state index in [1.807, 2.05) is 30.8 Å². The molecule has 1 amide bonds. The molecule has 2 aliphatic rings. The van der Waals surface area contributed by atoms with Crippen molar-refractivity contribution in [3.8, 4) is 0 Å². The molecule has 1 aliphatic heterocycles. The fourth-order valence-corrected chi connectivity index (χ4v) is 6.36. The molecule has 0 unspecified atom stereocenters. The van der Waals surface area contributed by atoms with Crippen molar-refractivity contribution in [2.75, 3.05) is 27.3 Å². The number of methoxy groups -OCH3 is 1. The Kier molecular flexibility index (Phi) is 9.32. The highest BCUT2D eigenvalue weighted by molar-refractivity contribution is 7.12. The molecular weight excluding hydrogens is 540 g/mol. The Bertz CT molecular complexity index is 1310. The largest absolute Gasteiger partial charge is 0.499 e. The van der Waals surface area contributed by atoms with Gasteiger partial charge in [-0.25, -0.2) is 8.78 Å². The number of aromatic nitrogens is 2. The van der Waals surface area contributed by atoms with Gasteiger partial charge >= 0.3 is 0 Å². The number of rotatable bonds is 9. The van der Waals surface area contributed by atoms with E-state index in [0.29, 0.717) is 53.8 Å². The van der Waals surface area contributed by atoms with E-state index in [1.165, 1.54) is 19.2 Å². The molecule has 1 saturated heterocycles. The molecule has 1 spiro atoms. The number of ether oxygens (including phenoxy) is 2. The van der Waals surface area contributed by atoms with E-state index < -0.39 is 17.3 Å². The highest BCUT2D eigenvalue weighted by atomic mass is 32.1. The Morgan fingerprint density at radius 3 is 2.55 bits per heavy atom. The first-order valence-electron chi connectivity index (χ1n) is 13.3. The maximum atomic E-state index is 14.2. The van der Waals surface area contributed by atoms with Gasteiger partial charge in [-0.05, 0) is 58.1 Å². The molecule has 1 aromatic heterocycles. The molecule has 0 atom stereocenters. The lowest BCUT2D eigenvalue weighted by molar-refractivity contribution is -0.197. The monoisotopic (exact) mass is 575 g/mol. The number of likely N-dealkylation sites (N-methyl/N-ethyl adjacent to an activating group) is 1. The van der Waals surface area contributed by atoms with Gasteiger partial charge < -0.3 is 14.4 Å². The molecule has 12 heteroatoms. The maximum absolute atomic E-state index is 14.2. The summed E-state index contributed by atoms with van der Waals surface area (Å²) in [5.41, 5.74) is 0.148. The number of hydrogen-bond acceptors (Lipinski definition) is 9. The number of carbonyl (C=O) groups is 2. The number of allylic oxidation sites excluding steroid dienone is 2. The molecule has 2 heterocycles. The van der Waals surface area contributed by atoms with Gasteiger partial charge in [-0.3, -0.25) is 14.6 Å². The van der Waals surface area contributed by atoms with Crippen LogP contribution in [0.15, 0.2) is 35.9 Å². The van der Waals surface area contributed by atoms with E-state index in [1.54, 1.807) is 18.1 Å². The molecule has 0 bridgehead atoms. The topological polar surface area (TPSA) is 88.1 Å².